The van der Waals surface area contributed by atoms with Crippen LogP contribution in [-0.4, -0.2) is 37.1 Å². The highest BCUT2D eigenvalue weighted by molar-refractivity contribution is 6.01. The topological polar surface area (TPSA) is 100 Å². The highest BCUT2D eigenvalue weighted by Crippen LogP contribution is 2.29. The fourth-order valence-corrected chi connectivity index (χ4v) is 3.84. The van der Waals surface area contributed by atoms with Crippen molar-refractivity contribution in [3.8, 4) is 17.1 Å². The standard InChI is InChI=1S/C27H27FN4O3/c1-34-23-15-20-11-6-5-10-19(20)14-21(23)26(33)32-22(12-7-13-30-25(29)16-28)27-31-17-24(35-27)18-8-3-2-4-9-18/h2-6,8-11,14-15,17,22H,7,12-13,16H2,1H3,(H2,29,30)(H,32,33). The van der Waals surface area contributed by atoms with Crippen LogP contribution >= 0.6 is 0 Å². The maximum absolute atomic E-state index is 13.4. The Morgan fingerprint density at radius 2 is 1.83 bits per heavy atom. The van der Waals surface area contributed by atoms with Crippen molar-refractivity contribution < 1.29 is 18.3 Å². The summed E-state index contributed by atoms with van der Waals surface area (Å²) < 4.78 is 24.1. The van der Waals surface area contributed by atoms with Crippen LogP contribution in [0.2, 0.25) is 0 Å². The number of oxazole rings is 1. The number of nitrogens with zero attached hydrogens (tertiary/aromatic N) is 1. The second-order valence-corrected chi connectivity index (χ2v) is 8.04. The average molecular weight is 475 g/mol. The number of amides is 1. The predicted octanol–water partition coefficient (Wildman–Crippen LogP) is 5.29. The van der Waals surface area contributed by atoms with Crippen molar-refractivity contribution in [1.82, 2.24) is 15.6 Å². The molecule has 4 rings (SSSR count). The quantitative estimate of drug-likeness (QED) is 0.165. The van der Waals surface area contributed by atoms with Crippen LogP contribution in [0.1, 0.15) is 35.1 Å². The Kier molecular flexibility index (Phi) is 7.72. The van der Waals surface area contributed by atoms with Crippen molar-refractivity contribution >= 4 is 22.5 Å². The fourth-order valence-electron chi connectivity index (χ4n) is 3.84. The van der Waals surface area contributed by atoms with E-state index in [0.717, 1.165) is 16.3 Å². The third kappa shape index (κ3) is 5.84. The van der Waals surface area contributed by atoms with Crippen LogP contribution in [-0.2, 0) is 0 Å². The average Bonchev–Trinajstić information content (AvgIpc) is 3.40. The van der Waals surface area contributed by atoms with Gasteiger partial charge in [0.25, 0.3) is 5.91 Å². The summed E-state index contributed by atoms with van der Waals surface area (Å²) in [4.78, 5) is 17.8. The molecule has 0 bridgehead atoms. The number of hydrogen-bond donors (Lipinski definition) is 3. The third-order valence-electron chi connectivity index (χ3n) is 5.64. The Labute approximate surface area is 202 Å². The highest BCUT2D eigenvalue weighted by Gasteiger charge is 2.23. The first-order valence-corrected chi connectivity index (χ1v) is 11.3. The van der Waals surface area contributed by atoms with Gasteiger partial charge in [-0.25, -0.2) is 9.37 Å². The molecule has 1 aromatic heterocycles. The minimum absolute atomic E-state index is 0.172. The fraction of sp³-hybridized carbons (Fsp3) is 0.222. The highest BCUT2D eigenvalue weighted by atomic mass is 19.1. The summed E-state index contributed by atoms with van der Waals surface area (Å²) in [5, 5.41) is 15.1. The molecule has 0 saturated carbocycles. The number of carbonyl (C=O) groups is 1. The Hall–Kier alpha value is -4.20. The van der Waals surface area contributed by atoms with Gasteiger partial charge in [-0.3, -0.25) is 10.2 Å². The van der Waals surface area contributed by atoms with Gasteiger partial charge in [0.1, 0.15) is 24.3 Å². The number of ether oxygens (including phenoxy) is 1. The van der Waals surface area contributed by atoms with Crippen LogP contribution in [0.5, 0.6) is 5.75 Å². The molecular weight excluding hydrogens is 447 g/mol. The van der Waals surface area contributed by atoms with Crippen molar-refractivity contribution in [2.75, 3.05) is 20.3 Å². The summed E-state index contributed by atoms with van der Waals surface area (Å²) in [6, 6.07) is 20.4. The number of carbonyl (C=O) groups excluding carboxylic acids is 1. The first-order chi connectivity index (χ1) is 17.1. The van der Waals surface area contributed by atoms with Crippen LogP contribution in [0.25, 0.3) is 22.1 Å². The minimum atomic E-state index is -0.845. The Bertz CT molecular complexity index is 1310. The molecule has 0 aliphatic heterocycles. The molecule has 0 fully saturated rings. The number of aromatic nitrogens is 1. The second-order valence-electron chi connectivity index (χ2n) is 8.04. The van der Waals surface area contributed by atoms with E-state index in [0.29, 0.717) is 42.4 Å². The van der Waals surface area contributed by atoms with E-state index in [1.165, 1.54) is 7.11 Å². The van der Waals surface area contributed by atoms with Crippen molar-refractivity contribution in [2.24, 2.45) is 0 Å². The van der Waals surface area contributed by atoms with E-state index in [1.54, 1.807) is 12.3 Å². The summed E-state index contributed by atoms with van der Waals surface area (Å²) in [5.41, 5.74) is 1.29. The summed E-state index contributed by atoms with van der Waals surface area (Å²) in [5.74, 6) is 0.948. The monoisotopic (exact) mass is 474 g/mol. The maximum atomic E-state index is 13.4. The molecule has 0 radical (unpaired) electrons. The van der Waals surface area contributed by atoms with Crippen LogP contribution in [0.3, 0.4) is 0 Å². The number of halogens is 1. The van der Waals surface area contributed by atoms with E-state index in [2.05, 4.69) is 15.6 Å². The van der Waals surface area contributed by atoms with Crippen LogP contribution in [0.4, 0.5) is 4.39 Å². The Balaban J connectivity index is 1.57. The van der Waals surface area contributed by atoms with Crippen LogP contribution in [0.15, 0.2) is 77.3 Å². The molecule has 1 amide bonds. The van der Waals surface area contributed by atoms with E-state index in [4.69, 9.17) is 14.6 Å². The zero-order chi connectivity index (χ0) is 24.6. The molecule has 4 aromatic rings. The molecule has 0 aliphatic rings. The molecule has 1 unspecified atom stereocenters. The molecular formula is C27H27FN4O3. The lowest BCUT2D eigenvalue weighted by molar-refractivity contribution is 0.0924. The first-order valence-electron chi connectivity index (χ1n) is 11.3. The van der Waals surface area contributed by atoms with Gasteiger partial charge in [-0.05, 0) is 35.7 Å². The zero-order valence-corrected chi connectivity index (χ0v) is 19.4. The lowest BCUT2D eigenvalue weighted by Gasteiger charge is -2.18. The predicted molar refractivity (Wildman–Crippen MR) is 134 cm³/mol. The molecule has 3 aromatic carbocycles. The lowest BCUT2D eigenvalue weighted by Crippen LogP contribution is -2.31. The second kappa shape index (κ2) is 11.3. The molecule has 8 heteroatoms. The molecule has 7 nitrogen and oxygen atoms in total. The third-order valence-corrected chi connectivity index (χ3v) is 5.64. The number of alkyl halides is 1. The van der Waals surface area contributed by atoms with Gasteiger partial charge in [-0.2, -0.15) is 0 Å². The van der Waals surface area contributed by atoms with Gasteiger partial charge in [0.2, 0.25) is 5.89 Å². The van der Waals surface area contributed by atoms with Gasteiger partial charge in [0, 0.05) is 12.1 Å². The molecule has 1 atom stereocenters. The van der Waals surface area contributed by atoms with Crippen molar-refractivity contribution in [3.05, 3.63) is 84.4 Å². The number of nitrogens with one attached hydrogen (secondary N) is 3. The summed E-state index contributed by atoms with van der Waals surface area (Å²) in [6.45, 7) is -0.456. The maximum Gasteiger partial charge on any atom is 0.255 e. The van der Waals surface area contributed by atoms with Gasteiger partial charge >= 0.3 is 0 Å². The van der Waals surface area contributed by atoms with Gasteiger partial charge in [0.15, 0.2) is 5.76 Å². The van der Waals surface area contributed by atoms with E-state index in [1.807, 2.05) is 60.7 Å². The van der Waals surface area contributed by atoms with Crippen LogP contribution in [0, 0.1) is 5.41 Å². The number of methoxy groups -OCH3 is 1. The normalized spacial score (nSPS) is 11.7. The molecule has 3 N–H and O–H groups in total. The molecule has 0 aliphatic carbocycles. The zero-order valence-electron chi connectivity index (χ0n) is 19.4. The molecule has 1 heterocycles. The Morgan fingerprint density at radius 1 is 1.11 bits per heavy atom. The minimum Gasteiger partial charge on any atom is -0.496 e. The summed E-state index contributed by atoms with van der Waals surface area (Å²) in [6.07, 6.45) is 2.67. The Morgan fingerprint density at radius 3 is 2.54 bits per heavy atom. The van der Waals surface area contributed by atoms with E-state index in [-0.39, 0.29) is 11.7 Å². The molecule has 0 spiro atoms. The number of rotatable bonds is 10. The van der Waals surface area contributed by atoms with Crippen molar-refractivity contribution in [3.63, 3.8) is 0 Å². The number of amidine groups is 1. The van der Waals surface area contributed by atoms with Crippen molar-refractivity contribution in [1.29, 1.82) is 5.41 Å². The van der Waals surface area contributed by atoms with Crippen molar-refractivity contribution in [2.45, 2.75) is 18.9 Å². The smallest absolute Gasteiger partial charge is 0.255 e. The van der Waals surface area contributed by atoms with Gasteiger partial charge < -0.3 is 19.8 Å². The summed E-state index contributed by atoms with van der Waals surface area (Å²) >= 11 is 0. The summed E-state index contributed by atoms with van der Waals surface area (Å²) in [7, 11) is 1.53. The SMILES string of the molecule is COc1cc2ccccc2cc1C(=O)NC(CCCNC(=N)CF)c1ncc(-c2ccccc2)o1. The first kappa shape index (κ1) is 23.9. The number of hydrogen-bond acceptors (Lipinski definition) is 5. The lowest BCUT2D eigenvalue weighted by atomic mass is 10.0. The van der Waals surface area contributed by atoms with E-state index >= 15 is 0 Å². The van der Waals surface area contributed by atoms with Gasteiger partial charge in [-0.1, -0.05) is 54.6 Å². The number of benzene rings is 3. The van der Waals surface area contributed by atoms with E-state index < -0.39 is 12.7 Å². The molecule has 180 valence electrons. The molecule has 0 saturated heterocycles. The van der Waals surface area contributed by atoms with Crippen LogP contribution < -0.4 is 15.4 Å². The van der Waals surface area contributed by atoms with Gasteiger partial charge in [0.05, 0.1) is 18.9 Å². The largest absolute Gasteiger partial charge is 0.496 e. The number of fused-ring (bicyclic) bond motifs is 1. The van der Waals surface area contributed by atoms with Gasteiger partial charge in [-0.15, -0.1) is 0 Å². The van der Waals surface area contributed by atoms with E-state index in [9.17, 15) is 9.18 Å². The molecule has 35 heavy (non-hydrogen) atoms.